The van der Waals surface area contributed by atoms with Crippen molar-refractivity contribution in [2.45, 2.75) is 44.1 Å². The van der Waals surface area contributed by atoms with E-state index in [4.69, 9.17) is 9.47 Å². The molecule has 2 aromatic rings. The molecule has 5 atom stereocenters. The van der Waals surface area contributed by atoms with E-state index in [-0.39, 0.29) is 18.2 Å². The molecule has 7 nitrogen and oxygen atoms in total. The Morgan fingerprint density at radius 2 is 2.36 bits per heavy atom. The van der Waals surface area contributed by atoms with Crippen molar-refractivity contribution in [1.82, 2.24) is 19.9 Å². The van der Waals surface area contributed by atoms with Gasteiger partial charge in [0.2, 0.25) is 0 Å². The summed E-state index contributed by atoms with van der Waals surface area (Å²) in [6.07, 6.45) is 4.18. The number of nitrogens with one attached hydrogen (secondary N) is 1. The highest BCUT2D eigenvalue weighted by Gasteiger charge is 2.50. The van der Waals surface area contributed by atoms with Gasteiger partial charge in [0.05, 0.1) is 18.8 Å². The van der Waals surface area contributed by atoms with Crippen molar-refractivity contribution >= 4 is 11.3 Å². The lowest BCUT2D eigenvalue weighted by Gasteiger charge is -2.39. The summed E-state index contributed by atoms with van der Waals surface area (Å²) >= 11 is 1.59. The van der Waals surface area contributed by atoms with E-state index in [2.05, 4.69) is 15.3 Å². The van der Waals surface area contributed by atoms with Gasteiger partial charge in [-0.2, -0.15) is 0 Å². The largest absolute Gasteiger partial charge is 0.389 e. The third-order valence-electron chi connectivity index (χ3n) is 4.29. The zero-order valence-corrected chi connectivity index (χ0v) is 12.9. The van der Waals surface area contributed by atoms with Crippen LogP contribution in [0.15, 0.2) is 24.0 Å². The fourth-order valence-electron chi connectivity index (χ4n) is 3.20. The van der Waals surface area contributed by atoms with Gasteiger partial charge in [0.1, 0.15) is 23.0 Å². The number of ether oxygens (including phenoxy) is 2. The van der Waals surface area contributed by atoms with Crippen molar-refractivity contribution < 1.29 is 14.6 Å². The van der Waals surface area contributed by atoms with E-state index in [0.717, 1.165) is 10.8 Å². The van der Waals surface area contributed by atoms with Crippen molar-refractivity contribution in [2.75, 3.05) is 6.61 Å². The number of aryl methyl sites for hydroxylation is 1. The van der Waals surface area contributed by atoms with Crippen LogP contribution in [0.3, 0.4) is 0 Å². The number of rotatable bonds is 4. The normalized spacial score (nSPS) is 34.2. The van der Waals surface area contributed by atoms with Crippen molar-refractivity contribution in [2.24, 2.45) is 0 Å². The molecule has 22 heavy (non-hydrogen) atoms. The van der Waals surface area contributed by atoms with Crippen LogP contribution in [-0.2, 0) is 16.0 Å². The number of hydrogen-bond donors (Lipinski definition) is 2. The molecule has 4 rings (SSSR count). The zero-order valence-electron chi connectivity index (χ0n) is 12.1. The van der Waals surface area contributed by atoms with E-state index in [1.54, 1.807) is 23.7 Å². The van der Waals surface area contributed by atoms with Gasteiger partial charge in [0, 0.05) is 30.5 Å². The van der Waals surface area contributed by atoms with Gasteiger partial charge in [-0.3, -0.25) is 0 Å². The first-order valence-electron chi connectivity index (χ1n) is 7.30. The monoisotopic (exact) mass is 322 g/mol. The second kappa shape index (κ2) is 5.71. The minimum absolute atomic E-state index is 0.139. The van der Waals surface area contributed by atoms with Crippen molar-refractivity contribution in [1.29, 1.82) is 0 Å². The number of imidazole rings is 1. The Bertz CT molecular complexity index is 632. The van der Waals surface area contributed by atoms with Crippen LogP contribution in [-0.4, -0.2) is 50.8 Å². The lowest BCUT2D eigenvalue weighted by molar-refractivity contribution is -0.165. The second-order valence-corrected chi connectivity index (χ2v) is 6.55. The smallest absolute Gasteiger partial charge is 0.181 e. The minimum atomic E-state index is -0.612. The molecule has 2 bridgehead atoms. The quantitative estimate of drug-likeness (QED) is 0.851. The third kappa shape index (κ3) is 2.37. The van der Waals surface area contributed by atoms with Gasteiger partial charge in [-0.1, -0.05) is 0 Å². The summed E-state index contributed by atoms with van der Waals surface area (Å²) in [6.45, 7) is 3.01. The van der Waals surface area contributed by atoms with Gasteiger partial charge in [0.25, 0.3) is 0 Å². The Balaban J connectivity index is 1.55. The number of aromatic nitrogens is 3. The number of aliphatic hydroxyl groups excluding tert-OH is 1. The average Bonchev–Trinajstić information content (AvgIpc) is 3.22. The first kappa shape index (κ1) is 14.3. The molecule has 0 amide bonds. The first-order valence-corrected chi connectivity index (χ1v) is 8.18. The number of aliphatic hydroxyl groups is 1. The molecule has 0 aromatic carbocycles. The number of hydrogen-bond acceptors (Lipinski definition) is 7. The molecule has 8 heteroatoms. The van der Waals surface area contributed by atoms with E-state index < -0.39 is 12.4 Å². The number of thiazole rings is 1. The fraction of sp³-hybridized carbons (Fsp3) is 0.571. The molecule has 118 valence electrons. The fourth-order valence-corrected chi connectivity index (χ4v) is 3.76. The molecule has 0 spiro atoms. The Hall–Kier alpha value is -1.32. The third-order valence-corrected chi connectivity index (χ3v) is 5.07. The summed E-state index contributed by atoms with van der Waals surface area (Å²) < 4.78 is 13.6. The molecular formula is C14H18N4O3S. The van der Waals surface area contributed by atoms with Crippen LogP contribution < -0.4 is 5.32 Å². The van der Waals surface area contributed by atoms with Crippen LogP contribution in [0.4, 0.5) is 0 Å². The topological polar surface area (TPSA) is 81.4 Å². The predicted octanol–water partition coefficient (Wildman–Crippen LogP) is 0.464. The maximum atomic E-state index is 10.8. The van der Waals surface area contributed by atoms with Gasteiger partial charge in [-0.25, -0.2) is 9.97 Å². The van der Waals surface area contributed by atoms with Crippen LogP contribution in [0.2, 0.25) is 0 Å². The maximum Gasteiger partial charge on any atom is 0.181 e. The molecule has 0 radical (unpaired) electrons. The lowest BCUT2D eigenvalue weighted by atomic mass is 9.95. The minimum Gasteiger partial charge on any atom is -0.389 e. The van der Waals surface area contributed by atoms with Crippen LogP contribution in [0.1, 0.15) is 16.9 Å². The second-order valence-electron chi connectivity index (χ2n) is 5.57. The summed E-state index contributed by atoms with van der Waals surface area (Å²) in [5.74, 6) is 0.834. The van der Waals surface area contributed by atoms with Crippen LogP contribution in [0.25, 0.3) is 0 Å². The molecular weight excluding hydrogens is 304 g/mol. The van der Waals surface area contributed by atoms with Crippen LogP contribution >= 0.6 is 11.3 Å². The first-order chi connectivity index (χ1) is 10.7. The highest BCUT2D eigenvalue weighted by atomic mass is 32.1. The highest BCUT2D eigenvalue weighted by Crippen LogP contribution is 2.36. The molecule has 0 saturated carbocycles. The summed E-state index contributed by atoms with van der Waals surface area (Å²) in [6, 6.07) is -0.496. The predicted molar refractivity (Wildman–Crippen MR) is 79.4 cm³/mol. The maximum absolute atomic E-state index is 10.8. The van der Waals surface area contributed by atoms with Gasteiger partial charge in [-0.05, 0) is 6.92 Å². The summed E-state index contributed by atoms with van der Waals surface area (Å²) in [5.41, 5.74) is 0. The van der Waals surface area contributed by atoms with Gasteiger partial charge in [0.15, 0.2) is 6.29 Å². The lowest BCUT2D eigenvalue weighted by Crippen LogP contribution is -2.57. The van der Waals surface area contributed by atoms with Crippen LogP contribution in [0.5, 0.6) is 0 Å². The zero-order chi connectivity index (χ0) is 15.1. The van der Waals surface area contributed by atoms with Gasteiger partial charge in [-0.15, -0.1) is 11.3 Å². The Morgan fingerprint density at radius 1 is 1.45 bits per heavy atom. The summed E-state index contributed by atoms with van der Waals surface area (Å²) in [5, 5.41) is 17.1. The van der Waals surface area contributed by atoms with E-state index in [0.29, 0.717) is 13.2 Å². The molecule has 4 heterocycles. The number of fused-ring (bicyclic) bond motifs is 2. The Kier molecular flexibility index (Phi) is 3.71. The van der Waals surface area contributed by atoms with E-state index >= 15 is 0 Å². The molecule has 2 aliphatic heterocycles. The molecule has 2 fully saturated rings. The Labute approximate surface area is 131 Å². The van der Waals surface area contributed by atoms with Crippen molar-refractivity contribution in [3.8, 4) is 0 Å². The van der Waals surface area contributed by atoms with E-state index in [1.165, 1.54) is 0 Å². The Morgan fingerprint density at radius 3 is 3.09 bits per heavy atom. The van der Waals surface area contributed by atoms with E-state index in [1.807, 2.05) is 23.1 Å². The van der Waals surface area contributed by atoms with Gasteiger partial charge >= 0.3 is 0 Å². The highest BCUT2D eigenvalue weighted by molar-refractivity contribution is 7.09. The summed E-state index contributed by atoms with van der Waals surface area (Å²) in [4.78, 5) is 8.49. The van der Waals surface area contributed by atoms with E-state index in [9.17, 15) is 5.11 Å². The molecule has 2 N–H and O–H groups in total. The summed E-state index contributed by atoms with van der Waals surface area (Å²) in [7, 11) is 0. The molecule has 5 unspecified atom stereocenters. The molecule has 2 saturated heterocycles. The van der Waals surface area contributed by atoms with Crippen LogP contribution in [0, 0.1) is 6.92 Å². The molecule has 2 aromatic heterocycles. The van der Waals surface area contributed by atoms with Crippen molar-refractivity contribution in [3.63, 3.8) is 0 Å². The van der Waals surface area contributed by atoms with Gasteiger partial charge < -0.3 is 24.5 Å². The standard InChI is InChI=1S/C14H18N4O3S/c1-8-15-2-4-18(8)12-13(19)11(9-7-20-14(12)21-9)17-6-10-16-3-5-22-10/h2-5,9,11-14,17,19H,6-7H2,1H3. The van der Waals surface area contributed by atoms with Crippen molar-refractivity contribution in [3.05, 3.63) is 34.8 Å². The average molecular weight is 322 g/mol. The molecule has 2 aliphatic rings. The SMILES string of the molecule is Cc1nccn1C1C2OCC(O2)C(NCc2nccs2)C1O. The number of nitrogens with zero attached hydrogens (tertiary/aromatic N) is 3. The molecule has 0 aliphatic carbocycles.